The third kappa shape index (κ3) is 1.95. The molecule has 0 aliphatic carbocycles. The van der Waals surface area contributed by atoms with Crippen molar-refractivity contribution in [1.29, 1.82) is 0 Å². The molecule has 0 aliphatic rings. The van der Waals surface area contributed by atoms with Gasteiger partial charge in [0.1, 0.15) is 5.82 Å². The van der Waals surface area contributed by atoms with Gasteiger partial charge in [-0.1, -0.05) is 30.3 Å². The van der Waals surface area contributed by atoms with Gasteiger partial charge in [-0.15, -0.1) is 5.10 Å². The molecule has 2 N–H and O–H groups in total. The number of hydrogen-bond acceptors (Lipinski definition) is 4. The lowest BCUT2D eigenvalue weighted by Crippen LogP contribution is -2.04. The molecule has 19 heavy (non-hydrogen) atoms. The van der Waals surface area contributed by atoms with E-state index in [2.05, 4.69) is 15.3 Å². The van der Waals surface area contributed by atoms with E-state index in [0.717, 1.165) is 16.8 Å². The van der Waals surface area contributed by atoms with Crippen LogP contribution in [0.4, 0.5) is 5.82 Å². The number of nitrogens with two attached hydrogens (primary N) is 1. The first-order valence-corrected chi connectivity index (χ1v) is 5.96. The summed E-state index contributed by atoms with van der Waals surface area (Å²) in [6.45, 7) is 1.94. The summed E-state index contributed by atoms with van der Waals surface area (Å²) < 4.78 is 1.62. The standard InChI is InChI=1S/C14H13N5/c1-10-13(11-6-3-2-4-7-11)14(15)19(18-10)12-8-5-9-16-17-12/h2-9H,15H2,1H3. The van der Waals surface area contributed by atoms with Crippen LogP contribution in [0.5, 0.6) is 0 Å². The molecule has 0 saturated heterocycles. The molecule has 0 atom stereocenters. The molecule has 2 heterocycles. The molecule has 0 fully saturated rings. The molecule has 1 aromatic carbocycles. The van der Waals surface area contributed by atoms with Crippen LogP contribution in [0.1, 0.15) is 5.69 Å². The van der Waals surface area contributed by atoms with Gasteiger partial charge in [0.2, 0.25) is 0 Å². The highest BCUT2D eigenvalue weighted by Crippen LogP contribution is 2.30. The van der Waals surface area contributed by atoms with Crippen LogP contribution in [0.15, 0.2) is 48.7 Å². The Kier molecular flexibility index (Phi) is 2.72. The second kappa shape index (κ2) is 4.53. The number of benzene rings is 1. The van der Waals surface area contributed by atoms with Crippen LogP contribution in [0.3, 0.4) is 0 Å². The highest BCUT2D eigenvalue weighted by molar-refractivity contribution is 5.77. The Morgan fingerprint density at radius 3 is 2.53 bits per heavy atom. The average molecular weight is 251 g/mol. The summed E-state index contributed by atoms with van der Waals surface area (Å²) in [5.74, 6) is 1.19. The number of hydrogen-bond donors (Lipinski definition) is 1. The molecule has 94 valence electrons. The Hall–Kier alpha value is -2.69. The molecular formula is C14H13N5. The van der Waals surface area contributed by atoms with Gasteiger partial charge in [-0.3, -0.25) is 0 Å². The quantitative estimate of drug-likeness (QED) is 0.758. The van der Waals surface area contributed by atoms with Gasteiger partial charge in [0, 0.05) is 11.8 Å². The molecule has 3 rings (SSSR count). The summed E-state index contributed by atoms with van der Waals surface area (Å²) >= 11 is 0. The van der Waals surface area contributed by atoms with E-state index in [9.17, 15) is 0 Å². The van der Waals surface area contributed by atoms with Crippen molar-refractivity contribution in [2.75, 3.05) is 5.73 Å². The Balaban J connectivity index is 2.17. The summed E-state index contributed by atoms with van der Waals surface area (Å²) in [5.41, 5.74) is 9.06. The van der Waals surface area contributed by atoms with Crippen LogP contribution in [0, 0.1) is 6.92 Å². The lowest BCUT2D eigenvalue weighted by molar-refractivity contribution is 0.811. The normalized spacial score (nSPS) is 10.6. The van der Waals surface area contributed by atoms with Gasteiger partial charge in [-0.25, -0.2) is 0 Å². The van der Waals surface area contributed by atoms with Crippen molar-refractivity contribution in [1.82, 2.24) is 20.0 Å². The molecule has 0 aliphatic heterocycles. The zero-order valence-electron chi connectivity index (χ0n) is 10.5. The van der Waals surface area contributed by atoms with Gasteiger partial charge in [-0.2, -0.15) is 14.9 Å². The largest absolute Gasteiger partial charge is 0.383 e. The van der Waals surface area contributed by atoms with E-state index in [-0.39, 0.29) is 0 Å². The number of aryl methyl sites for hydroxylation is 1. The smallest absolute Gasteiger partial charge is 0.178 e. The minimum Gasteiger partial charge on any atom is -0.383 e. The molecule has 5 nitrogen and oxygen atoms in total. The Labute approximate surface area is 110 Å². The number of anilines is 1. The highest BCUT2D eigenvalue weighted by atomic mass is 15.4. The maximum absolute atomic E-state index is 6.20. The number of aromatic nitrogens is 4. The van der Waals surface area contributed by atoms with E-state index in [0.29, 0.717) is 11.6 Å². The van der Waals surface area contributed by atoms with Crippen molar-refractivity contribution in [3.63, 3.8) is 0 Å². The third-order valence-electron chi connectivity index (χ3n) is 2.93. The van der Waals surface area contributed by atoms with Gasteiger partial charge in [0.25, 0.3) is 0 Å². The van der Waals surface area contributed by atoms with E-state index in [4.69, 9.17) is 5.73 Å². The van der Waals surface area contributed by atoms with E-state index >= 15 is 0 Å². The third-order valence-corrected chi connectivity index (χ3v) is 2.93. The highest BCUT2D eigenvalue weighted by Gasteiger charge is 2.15. The lowest BCUT2D eigenvalue weighted by Gasteiger charge is -2.03. The van der Waals surface area contributed by atoms with Gasteiger partial charge in [0.15, 0.2) is 5.82 Å². The van der Waals surface area contributed by atoms with E-state index in [1.54, 1.807) is 16.9 Å². The maximum Gasteiger partial charge on any atom is 0.178 e. The summed E-state index contributed by atoms with van der Waals surface area (Å²) in [5, 5.41) is 12.3. The van der Waals surface area contributed by atoms with E-state index < -0.39 is 0 Å². The van der Waals surface area contributed by atoms with Crippen molar-refractivity contribution in [3.8, 4) is 16.9 Å². The SMILES string of the molecule is Cc1nn(-c2cccnn2)c(N)c1-c1ccccc1. The summed E-state index contributed by atoms with van der Waals surface area (Å²) in [6, 6.07) is 13.6. The van der Waals surface area contributed by atoms with Gasteiger partial charge in [-0.05, 0) is 24.6 Å². The number of nitrogen functional groups attached to an aromatic ring is 1. The molecule has 0 bridgehead atoms. The van der Waals surface area contributed by atoms with Crippen molar-refractivity contribution in [2.24, 2.45) is 0 Å². The number of rotatable bonds is 2. The predicted molar refractivity (Wildman–Crippen MR) is 73.7 cm³/mol. The first-order valence-electron chi connectivity index (χ1n) is 5.96. The molecule has 0 unspecified atom stereocenters. The van der Waals surface area contributed by atoms with Crippen LogP contribution >= 0.6 is 0 Å². The fourth-order valence-electron chi connectivity index (χ4n) is 2.09. The topological polar surface area (TPSA) is 69.6 Å². The van der Waals surface area contributed by atoms with Crippen molar-refractivity contribution >= 4 is 5.82 Å². The number of nitrogens with zero attached hydrogens (tertiary/aromatic N) is 4. The summed E-state index contributed by atoms with van der Waals surface area (Å²) in [6.07, 6.45) is 1.62. The first-order chi connectivity index (χ1) is 9.27. The average Bonchev–Trinajstić information content (AvgIpc) is 2.76. The van der Waals surface area contributed by atoms with Crippen molar-refractivity contribution in [3.05, 3.63) is 54.4 Å². The fourth-order valence-corrected chi connectivity index (χ4v) is 2.09. The Bertz CT molecular complexity index is 689. The van der Waals surface area contributed by atoms with Crippen LogP contribution in [-0.2, 0) is 0 Å². The molecule has 0 amide bonds. The van der Waals surface area contributed by atoms with Crippen molar-refractivity contribution in [2.45, 2.75) is 6.92 Å². The van der Waals surface area contributed by atoms with E-state index in [1.165, 1.54) is 0 Å². The van der Waals surface area contributed by atoms with Crippen LogP contribution in [0.2, 0.25) is 0 Å². The van der Waals surface area contributed by atoms with Crippen LogP contribution in [0.25, 0.3) is 16.9 Å². The lowest BCUT2D eigenvalue weighted by atomic mass is 10.1. The molecule has 5 heteroatoms. The zero-order chi connectivity index (χ0) is 13.2. The van der Waals surface area contributed by atoms with Gasteiger partial charge in [0.05, 0.1) is 5.69 Å². The van der Waals surface area contributed by atoms with Crippen LogP contribution in [-0.4, -0.2) is 20.0 Å². The monoisotopic (exact) mass is 251 g/mol. The minimum atomic E-state index is 0.573. The first kappa shape index (κ1) is 11.4. The summed E-state index contributed by atoms with van der Waals surface area (Å²) in [7, 11) is 0. The second-order valence-electron chi connectivity index (χ2n) is 4.21. The molecule has 2 aromatic heterocycles. The van der Waals surface area contributed by atoms with Crippen LogP contribution < -0.4 is 5.73 Å². The molecule has 0 radical (unpaired) electrons. The molecule has 3 aromatic rings. The van der Waals surface area contributed by atoms with Crippen molar-refractivity contribution < 1.29 is 0 Å². The molecule has 0 spiro atoms. The molecular weight excluding hydrogens is 238 g/mol. The zero-order valence-corrected chi connectivity index (χ0v) is 10.5. The second-order valence-corrected chi connectivity index (χ2v) is 4.21. The predicted octanol–water partition coefficient (Wildman–Crippen LogP) is 2.22. The van der Waals surface area contributed by atoms with Gasteiger partial charge >= 0.3 is 0 Å². The maximum atomic E-state index is 6.20. The Morgan fingerprint density at radius 1 is 1.05 bits per heavy atom. The van der Waals surface area contributed by atoms with E-state index in [1.807, 2.05) is 43.3 Å². The fraction of sp³-hybridized carbons (Fsp3) is 0.0714. The Morgan fingerprint density at radius 2 is 1.84 bits per heavy atom. The minimum absolute atomic E-state index is 0.573. The molecule has 0 saturated carbocycles. The van der Waals surface area contributed by atoms with Gasteiger partial charge < -0.3 is 5.73 Å². The summed E-state index contributed by atoms with van der Waals surface area (Å²) in [4.78, 5) is 0.